The molecular formula is C21H26N3O+. The lowest BCUT2D eigenvalue weighted by atomic mass is 10.2. The lowest BCUT2D eigenvalue weighted by molar-refractivity contribution is -0.667. The van der Waals surface area contributed by atoms with Crippen LogP contribution in [0.25, 0.3) is 11.0 Å². The lowest BCUT2D eigenvalue weighted by Crippen LogP contribution is -2.49. The molecule has 0 unspecified atom stereocenters. The second-order valence-corrected chi connectivity index (χ2v) is 6.96. The minimum absolute atomic E-state index is 0.0952. The van der Waals surface area contributed by atoms with Gasteiger partial charge in [0.05, 0.1) is 5.92 Å². The molecular weight excluding hydrogens is 310 g/mol. The van der Waals surface area contributed by atoms with E-state index in [1.54, 1.807) is 0 Å². The van der Waals surface area contributed by atoms with Gasteiger partial charge in [0.1, 0.15) is 0 Å². The van der Waals surface area contributed by atoms with E-state index in [0.29, 0.717) is 12.5 Å². The van der Waals surface area contributed by atoms with Crippen LogP contribution in [0.3, 0.4) is 0 Å². The Bertz CT molecular complexity index is 865. The molecule has 0 saturated carbocycles. The second kappa shape index (κ2) is 7.09. The van der Waals surface area contributed by atoms with Gasteiger partial charge in [-0.05, 0) is 38.1 Å². The number of hydrogen-bond donors (Lipinski definition) is 1. The highest BCUT2D eigenvalue weighted by atomic mass is 16.2. The first kappa shape index (κ1) is 17.2. The maximum absolute atomic E-state index is 13.2. The minimum Gasteiger partial charge on any atom is -0.307 e. The van der Waals surface area contributed by atoms with Crippen molar-refractivity contribution in [1.29, 1.82) is 0 Å². The highest BCUT2D eigenvalue weighted by Crippen LogP contribution is 2.19. The molecule has 1 aromatic heterocycles. The number of benzene rings is 2. The number of fused-ring (bicyclic) bond motifs is 1. The number of aromatic amines is 1. The summed E-state index contributed by atoms with van der Waals surface area (Å²) >= 11 is 0. The van der Waals surface area contributed by atoms with E-state index in [2.05, 4.69) is 35.5 Å². The van der Waals surface area contributed by atoms with Crippen molar-refractivity contribution in [2.45, 2.75) is 46.2 Å². The van der Waals surface area contributed by atoms with Gasteiger partial charge in [-0.3, -0.25) is 4.79 Å². The molecule has 0 aliphatic heterocycles. The Morgan fingerprint density at radius 2 is 1.64 bits per heavy atom. The molecule has 1 heterocycles. The van der Waals surface area contributed by atoms with Crippen molar-refractivity contribution < 1.29 is 9.36 Å². The predicted molar refractivity (Wildman–Crippen MR) is 102 cm³/mol. The highest BCUT2D eigenvalue weighted by molar-refractivity contribution is 5.93. The molecule has 25 heavy (non-hydrogen) atoms. The van der Waals surface area contributed by atoms with Crippen molar-refractivity contribution in [2.75, 3.05) is 4.90 Å². The molecule has 4 nitrogen and oxygen atoms in total. The quantitative estimate of drug-likeness (QED) is 0.702. The van der Waals surface area contributed by atoms with Gasteiger partial charge in [0.15, 0.2) is 17.6 Å². The smallest absolute Gasteiger partial charge is 0.269 e. The van der Waals surface area contributed by atoms with Crippen LogP contribution in [0.15, 0.2) is 54.6 Å². The molecule has 4 heteroatoms. The van der Waals surface area contributed by atoms with Crippen molar-refractivity contribution in [3.63, 3.8) is 0 Å². The first-order valence-corrected chi connectivity index (χ1v) is 8.86. The summed E-state index contributed by atoms with van der Waals surface area (Å²) in [6.07, 6.45) is 0. The van der Waals surface area contributed by atoms with E-state index in [-0.39, 0.29) is 11.9 Å². The third kappa shape index (κ3) is 3.43. The summed E-state index contributed by atoms with van der Waals surface area (Å²) in [7, 11) is 0. The van der Waals surface area contributed by atoms with Crippen molar-refractivity contribution in [3.05, 3.63) is 60.4 Å². The second-order valence-electron chi connectivity index (χ2n) is 6.96. The van der Waals surface area contributed by atoms with Gasteiger partial charge in [-0.15, -0.1) is 0 Å². The van der Waals surface area contributed by atoms with Crippen LogP contribution in [0, 0.1) is 0 Å². The molecule has 1 N–H and O–H groups in total. The average Bonchev–Trinajstić information content (AvgIpc) is 2.95. The molecule has 0 aliphatic carbocycles. The summed E-state index contributed by atoms with van der Waals surface area (Å²) in [6.45, 7) is 8.71. The summed E-state index contributed by atoms with van der Waals surface area (Å²) in [6, 6.07) is 18.1. The maximum Gasteiger partial charge on any atom is 0.269 e. The summed E-state index contributed by atoms with van der Waals surface area (Å²) in [5, 5.41) is 0. The SMILES string of the molecule is CC(C)c1[nH]c2ccccc2[n+]1CC(=O)N(c1ccccc1)C(C)C. The zero-order valence-corrected chi connectivity index (χ0v) is 15.4. The van der Waals surface area contributed by atoms with Crippen LogP contribution in [0.2, 0.25) is 0 Å². The fourth-order valence-corrected chi connectivity index (χ4v) is 3.31. The molecule has 3 rings (SSSR count). The van der Waals surface area contributed by atoms with Crippen molar-refractivity contribution >= 4 is 22.6 Å². The first-order valence-electron chi connectivity index (χ1n) is 8.86. The van der Waals surface area contributed by atoms with E-state index in [1.807, 2.05) is 61.2 Å². The van der Waals surface area contributed by atoms with E-state index in [4.69, 9.17) is 0 Å². The number of hydrogen-bond acceptors (Lipinski definition) is 1. The number of anilines is 1. The number of amides is 1. The molecule has 0 bridgehead atoms. The average molecular weight is 336 g/mol. The van der Waals surface area contributed by atoms with E-state index >= 15 is 0 Å². The Morgan fingerprint density at radius 3 is 2.28 bits per heavy atom. The van der Waals surface area contributed by atoms with Gasteiger partial charge < -0.3 is 4.90 Å². The summed E-state index contributed by atoms with van der Waals surface area (Å²) in [4.78, 5) is 18.5. The Labute approximate surface area is 149 Å². The van der Waals surface area contributed by atoms with Crippen LogP contribution in [-0.2, 0) is 11.3 Å². The van der Waals surface area contributed by atoms with E-state index < -0.39 is 0 Å². The fourth-order valence-electron chi connectivity index (χ4n) is 3.31. The van der Waals surface area contributed by atoms with Gasteiger partial charge in [0.25, 0.3) is 11.7 Å². The van der Waals surface area contributed by atoms with Crippen LogP contribution in [-0.4, -0.2) is 16.9 Å². The molecule has 0 spiro atoms. The fraction of sp³-hybridized carbons (Fsp3) is 0.333. The zero-order valence-electron chi connectivity index (χ0n) is 15.4. The van der Waals surface area contributed by atoms with Crippen LogP contribution < -0.4 is 9.47 Å². The Morgan fingerprint density at radius 1 is 1.00 bits per heavy atom. The van der Waals surface area contributed by atoms with Crippen LogP contribution in [0.5, 0.6) is 0 Å². The Balaban J connectivity index is 1.99. The van der Waals surface area contributed by atoms with E-state index in [0.717, 1.165) is 22.5 Å². The monoisotopic (exact) mass is 336 g/mol. The third-order valence-corrected chi connectivity index (χ3v) is 4.41. The van der Waals surface area contributed by atoms with Crippen LogP contribution in [0.1, 0.15) is 39.4 Å². The lowest BCUT2D eigenvalue weighted by Gasteiger charge is -2.26. The number of para-hydroxylation sites is 3. The molecule has 1 amide bonds. The normalized spacial score (nSPS) is 11.4. The molecule has 0 radical (unpaired) electrons. The van der Waals surface area contributed by atoms with Gasteiger partial charge in [-0.1, -0.05) is 44.2 Å². The molecule has 0 aliphatic rings. The number of nitrogens with one attached hydrogen (secondary N) is 1. The molecule has 3 aromatic rings. The number of carbonyl (C=O) groups is 1. The van der Waals surface area contributed by atoms with Crippen LogP contribution in [0.4, 0.5) is 5.69 Å². The van der Waals surface area contributed by atoms with Gasteiger partial charge >= 0.3 is 0 Å². The topological polar surface area (TPSA) is 40.0 Å². The number of nitrogens with zero attached hydrogens (tertiary/aromatic N) is 2. The van der Waals surface area contributed by atoms with Gasteiger partial charge in [0, 0.05) is 11.7 Å². The molecule has 130 valence electrons. The Kier molecular flexibility index (Phi) is 4.88. The van der Waals surface area contributed by atoms with Crippen molar-refractivity contribution in [3.8, 4) is 0 Å². The standard InChI is InChI=1S/C21H25N3O/c1-15(2)21-22-18-12-8-9-13-19(18)23(21)14-20(25)24(16(3)4)17-10-6-5-7-11-17/h5-13,15-16H,14H2,1-4H3/p+1. The highest BCUT2D eigenvalue weighted by Gasteiger charge is 2.27. The number of rotatable bonds is 5. The van der Waals surface area contributed by atoms with E-state index in [9.17, 15) is 4.79 Å². The Hall–Kier alpha value is -2.62. The summed E-state index contributed by atoms with van der Waals surface area (Å²) < 4.78 is 2.11. The summed E-state index contributed by atoms with van der Waals surface area (Å²) in [5.74, 6) is 1.48. The maximum atomic E-state index is 13.2. The number of aromatic nitrogens is 2. The molecule has 0 saturated heterocycles. The van der Waals surface area contributed by atoms with Crippen molar-refractivity contribution in [2.24, 2.45) is 0 Å². The third-order valence-electron chi connectivity index (χ3n) is 4.41. The zero-order chi connectivity index (χ0) is 18.0. The summed E-state index contributed by atoms with van der Waals surface area (Å²) in [5.41, 5.74) is 3.07. The molecule has 0 fully saturated rings. The minimum atomic E-state index is 0.0952. The van der Waals surface area contributed by atoms with Gasteiger partial charge in [0.2, 0.25) is 0 Å². The largest absolute Gasteiger partial charge is 0.307 e. The van der Waals surface area contributed by atoms with Gasteiger partial charge in [-0.25, -0.2) is 9.55 Å². The van der Waals surface area contributed by atoms with Crippen LogP contribution >= 0.6 is 0 Å². The molecule has 2 aromatic carbocycles. The number of imidazole rings is 1. The number of carbonyl (C=O) groups excluding carboxylic acids is 1. The van der Waals surface area contributed by atoms with E-state index in [1.165, 1.54) is 0 Å². The molecule has 0 atom stereocenters. The predicted octanol–water partition coefficient (Wildman–Crippen LogP) is 4.02. The van der Waals surface area contributed by atoms with Crippen molar-refractivity contribution in [1.82, 2.24) is 4.98 Å². The first-order chi connectivity index (χ1) is 12.0. The number of H-pyrrole nitrogens is 1. The van der Waals surface area contributed by atoms with Gasteiger partial charge in [-0.2, -0.15) is 0 Å².